The average Bonchev–Trinajstić information content (AvgIpc) is 3.10. The van der Waals surface area contributed by atoms with Gasteiger partial charge in [0.1, 0.15) is 5.82 Å². The number of carbonyl (C=O) groups excluding carboxylic acids is 1. The number of hydrogen-bond acceptors (Lipinski definition) is 3. The van der Waals surface area contributed by atoms with Crippen LogP contribution in [-0.2, 0) is 14.6 Å². The molecule has 26 heavy (non-hydrogen) atoms. The first-order chi connectivity index (χ1) is 12.4. The van der Waals surface area contributed by atoms with Gasteiger partial charge in [-0.15, -0.1) is 0 Å². The van der Waals surface area contributed by atoms with E-state index < -0.39 is 9.84 Å². The van der Waals surface area contributed by atoms with Crippen LogP contribution in [0.15, 0.2) is 53.4 Å². The van der Waals surface area contributed by atoms with Crippen molar-refractivity contribution in [3.63, 3.8) is 0 Å². The highest BCUT2D eigenvalue weighted by Gasteiger charge is 2.30. The lowest BCUT2D eigenvalue weighted by Gasteiger charge is -2.25. The van der Waals surface area contributed by atoms with Crippen LogP contribution in [0, 0.1) is 12.7 Å². The molecule has 1 atom stereocenters. The number of benzene rings is 2. The Morgan fingerprint density at radius 3 is 2.42 bits per heavy atom. The summed E-state index contributed by atoms with van der Waals surface area (Å²) in [7, 11) is -3.49. The second kappa shape index (κ2) is 7.58. The summed E-state index contributed by atoms with van der Waals surface area (Å²) in [5.74, 6) is -0.692. The van der Waals surface area contributed by atoms with Crippen molar-refractivity contribution < 1.29 is 17.6 Å². The molecular weight excluding hydrogens is 353 g/mol. The van der Waals surface area contributed by atoms with Gasteiger partial charge < -0.3 is 4.90 Å². The largest absolute Gasteiger partial charge is 0.336 e. The Balaban J connectivity index is 1.67. The van der Waals surface area contributed by atoms with Gasteiger partial charge in [0.15, 0.2) is 9.84 Å². The van der Waals surface area contributed by atoms with E-state index >= 15 is 0 Å². The maximum atomic E-state index is 13.1. The highest BCUT2D eigenvalue weighted by molar-refractivity contribution is 7.91. The molecule has 1 fully saturated rings. The van der Waals surface area contributed by atoms with Crippen molar-refractivity contribution in [3.05, 3.63) is 65.5 Å². The summed E-state index contributed by atoms with van der Waals surface area (Å²) in [5.41, 5.74) is 1.87. The second-order valence-electron chi connectivity index (χ2n) is 6.68. The Morgan fingerprint density at radius 1 is 1.12 bits per heavy atom. The van der Waals surface area contributed by atoms with E-state index in [9.17, 15) is 17.6 Å². The minimum atomic E-state index is -3.49. The molecule has 1 amide bonds. The van der Waals surface area contributed by atoms with E-state index in [2.05, 4.69) is 0 Å². The lowest BCUT2D eigenvalue weighted by atomic mass is 10.0. The zero-order valence-electron chi connectivity index (χ0n) is 14.7. The number of aryl methyl sites for hydroxylation is 1. The summed E-state index contributed by atoms with van der Waals surface area (Å²) < 4.78 is 38.0. The number of likely N-dealkylation sites (tertiary alicyclic amines) is 1. The molecule has 1 unspecified atom stereocenters. The number of amides is 1. The van der Waals surface area contributed by atoms with Crippen LogP contribution in [0.3, 0.4) is 0 Å². The van der Waals surface area contributed by atoms with E-state index in [1.165, 1.54) is 12.1 Å². The third-order valence-corrected chi connectivity index (χ3v) is 6.52. The van der Waals surface area contributed by atoms with E-state index in [4.69, 9.17) is 0 Å². The molecule has 0 aliphatic carbocycles. The highest BCUT2D eigenvalue weighted by Crippen LogP contribution is 2.32. The van der Waals surface area contributed by atoms with Crippen LogP contribution in [0.1, 0.15) is 36.4 Å². The highest BCUT2D eigenvalue weighted by atomic mass is 32.2. The van der Waals surface area contributed by atoms with Crippen LogP contribution >= 0.6 is 0 Å². The number of sulfone groups is 1. The van der Waals surface area contributed by atoms with Crippen LogP contribution in [0.25, 0.3) is 0 Å². The fourth-order valence-corrected chi connectivity index (χ4v) is 4.56. The summed E-state index contributed by atoms with van der Waals surface area (Å²) in [6.07, 6.45) is 1.62. The minimum Gasteiger partial charge on any atom is -0.336 e. The smallest absolute Gasteiger partial charge is 0.224 e. The summed E-state index contributed by atoms with van der Waals surface area (Å²) >= 11 is 0. The molecule has 0 radical (unpaired) electrons. The van der Waals surface area contributed by atoms with Crippen molar-refractivity contribution in [2.24, 2.45) is 0 Å². The van der Waals surface area contributed by atoms with Crippen LogP contribution < -0.4 is 0 Å². The van der Waals surface area contributed by atoms with Crippen LogP contribution in [-0.4, -0.2) is 31.5 Å². The normalized spacial score (nSPS) is 17.5. The van der Waals surface area contributed by atoms with E-state index in [1.807, 2.05) is 6.92 Å². The van der Waals surface area contributed by atoms with Gasteiger partial charge in [0, 0.05) is 13.0 Å². The van der Waals surface area contributed by atoms with E-state index in [0.29, 0.717) is 6.54 Å². The van der Waals surface area contributed by atoms with E-state index in [-0.39, 0.29) is 34.8 Å². The van der Waals surface area contributed by atoms with Gasteiger partial charge >= 0.3 is 0 Å². The fraction of sp³-hybridized carbons (Fsp3) is 0.350. The van der Waals surface area contributed by atoms with Gasteiger partial charge in [0.25, 0.3) is 0 Å². The Bertz CT molecular complexity index is 876. The Morgan fingerprint density at radius 2 is 1.77 bits per heavy atom. The fourth-order valence-electron chi connectivity index (χ4n) is 3.33. The van der Waals surface area contributed by atoms with Gasteiger partial charge in [0.2, 0.25) is 5.91 Å². The Labute approximate surface area is 153 Å². The number of nitrogens with zero attached hydrogens (tertiary/aromatic N) is 1. The van der Waals surface area contributed by atoms with Gasteiger partial charge in [-0.1, -0.05) is 29.8 Å². The predicted octanol–water partition coefficient (Wildman–Crippen LogP) is 3.66. The zero-order chi connectivity index (χ0) is 18.7. The van der Waals surface area contributed by atoms with Crippen LogP contribution in [0.5, 0.6) is 0 Å². The molecule has 2 aromatic carbocycles. The molecule has 3 rings (SSSR count). The van der Waals surface area contributed by atoms with Crippen molar-refractivity contribution in [1.82, 2.24) is 4.90 Å². The standard InChI is InChI=1S/C20H22FNO3S/c1-15-4-10-18(11-5-15)26(24,25)14-12-20(23)22-13-2-3-19(22)16-6-8-17(21)9-7-16/h4-11,19H,2-3,12-14H2,1H3. The third kappa shape index (κ3) is 4.12. The minimum absolute atomic E-state index is 0.0477. The van der Waals surface area contributed by atoms with Gasteiger partial charge in [-0.2, -0.15) is 0 Å². The topological polar surface area (TPSA) is 54.5 Å². The molecule has 0 spiro atoms. The second-order valence-corrected chi connectivity index (χ2v) is 8.79. The summed E-state index contributed by atoms with van der Waals surface area (Å²) in [4.78, 5) is 14.6. The number of rotatable bonds is 5. The third-order valence-electron chi connectivity index (χ3n) is 4.79. The van der Waals surface area contributed by atoms with Crippen LogP contribution in [0.4, 0.5) is 4.39 Å². The van der Waals surface area contributed by atoms with Gasteiger partial charge in [-0.05, 0) is 49.6 Å². The lowest BCUT2D eigenvalue weighted by molar-refractivity contribution is -0.131. The molecule has 1 heterocycles. The monoisotopic (exact) mass is 375 g/mol. The molecule has 0 saturated carbocycles. The lowest BCUT2D eigenvalue weighted by Crippen LogP contribution is -2.31. The van der Waals surface area contributed by atoms with Crippen molar-refractivity contribution in [1.29, 1.82) is 0 Å². The Hall–Kier alpha value is -2.21. The van der Waals surface area contributed by atoms with Crippen molar-refractivity contribution >= 4 is 15.7 Å². The molecule has 0 N–H and O–H groups in total. The molecule has 0 bridgehead atoms. The summed E-state index contributed by atoms with van der Waals surface area (Å²) in [6, 6.07) is 12.7. The number of halogens is 1. The molecule has 1 aliphatic heterocycles. The molecule has 4 nitrogen and oxygen atoms in total. The molecule has 1 saturated heterocycles. The molecule has 1 aliphatic rings. The summed E-state index contributed by atoms with van der Waals surface area (Å²) in [5, 5.41) is 0. The molecule has 0 aromatic heterocycles. The zero-order valence-corrected chi connectivity index (χ0v) is 15.5. The number of carbonyl (C=O) groups is 1. The van der Waals surface area contributed by atoms with Crippen molar-refractivity contribution in [2.45, 2.75) is 37.1 Å². The SMILES string of the molecule is Cc1ccc(S(=O)(=O)CCC(=O)N2CCCC2c2ccc(F)cc2)cc1. The first-order valence-corrected chi connectivity index (χ1v) is 10.4. The number of hydrogen-bond donors (Lipinski definition) is 0. The first-order valence-electron chi connectivity index (χ1n) is 8.71. The molecule has 2 aromatic rings. The molecule has 138 valence electrons. The molecule has 6 heteroatoms. The van der Waals surface area contributed by atoms with Crippen molar-refractivity contribution in [2.75, 3.05) is 12.3 Å². The Kier molecular flexibility index (Phi) is 5.41. The van der Waals surface area contributed by atoms with Gasteiger partial charge in [-0.3, -0.25) is 4.79 Å². The van der Waals surface area contributed by atoms with Gasteiger partial charge in [-0.25, -0.2) is 12.8 Å². The maximum absolute atomic E-state index is 13.1. The van der Waals surface area contributed by atoms with Crippen LogP contribution in [0.2, 0.25) is 0 Å². The maximum Gasteiger partial charge on any atom is 0.224 e. The molecular formula is C20H22FNO3S. The first kappa shape index (κ1) is 18.6. The van der Waals surface area contributed by atoms with Crippen molar-refractivity contribution in [3.8, 4) is 0 Å². The average molecular weight is 375 g/mol. The predicted molar refractivity (Wildman–Crippen MR) is 97.9 cm³/mol. The van der Waals surface area contributed by atoms with Gasteiger partial charge in [0.05, 0.1) is 16.7 Å². The summed E-state index contributed by atoms with van der Waals surface area (Å²) in [6.45, 7) is 2.49. The quantitative estimate of drug-likeness (QED) is 0.801. The van der Waals surface area contributed by atoms with E-state index in [1.54, 1.807) is 41.3 Å². The van der Waals surface area contributed by atoms with E-state index in [0.717, 1.165) is 24.0 Å².